The van der Waals surface area contributed by atoms with Gasteiger partial charge in [0.1, 0.15) is 29.7 Å². The molecule has 1 aliphatic heterocycles. The van der Waals surface area contributed by atoms with Gasteiger partial charge in [-0.15, -0.1) is 0 Å². The fourth-order valence-corrected chi connectivity index (χ4v) is 4.05. The van der Waals surface area contributed by atoms with E-state index in [1.807, 2.05) is 13.8 Å². The van der Waals surface area contributed by atoms with Gasteiger partial charge in [0.25, 0.3) is 0 Å². The zero-order valence-corrected chi connectivity index (χ0v) is 24.8. The molecule has 0 bridgehead atoms. The molecule has 0 spiro atoms. The molecule has 41 heavy (non-hydrogen) atoms. The fraction of sp³-hybridized carbons (Fsp3) is 0.741. The third kappa shape index (κ3) is 9.94. The number of nitrogens with one attached hydrogen (secondary N) is 1. The number of nitrogens with zero attached hydrogens (tertiary/aromatic N) is 2. The fourth-order valence-electron chi connectivity index (χ4n) is 4.05. The molecule has 1 amide bonds. The first-order chi connectivity index (χ1) is 18.9. The van der Waals surface area contributed by atoms with Gasteiger partial charge in [0.15, 0.2) is 0 Å². The van der Waals surface area contributed by atoms with Gasteiger partial charge in [-0.1, -0.05) is 26.7 Å². The van der Waals surface area contributed by atoms with Gasteiger partial charge in [-0.25, -0.2) is 14.4 Å². The second kappa shape index (κ2) is 13.6. The zero-order chi connectivity index (χ0) is 31.2. The topological polar surface area (TPSA) is 144 Å². The first-order valence-corrected chi connectivity index (χ1v) is 13.6. The van der Waals surface area contributed by atoms with Crippen LogP contribution in [0.3, 0.4) is 0 Å². The Bertz CT molecular complexity index is 1120. The summed E-state index contributed by atoms with van der Waals surface area (Å²) in [7, 11) is 0. The van der Waals surface area contributed by atoms with Crippen molar-refractivity contribution in [2.75, 3.05) is 11.9 Å². The number of amides is 1. The van der Waals surface area contributed by atoms with Crippen molar-refractivity contribution in [3.05, 3.63) is 22.7 Å². The molecule has 0 radical (unpaired) electrons. The molecule has 1 aromatic rings. The molecule has 14 heteroatoms. The van der Waals surface area contributed by atoms with E-state index in [4.69, 9.17) is 23.7 Å². The first kappa shape index (κ1) is 33.9. The van der Waals surface area contributed by atoms with Crippen molar-refractivity contribution < 1.29 is 46.8 Å². The minimum Gasteiger partial charge on any atom is -0.431 e. The number of halogens is 2. The van der Waals surface area contributed by atoms with Gasteiger partial charge < -0.3 is 29.0 Å². The van der Waals surface area contributed by atoms with E-state index in [1.165, 1.54) is 26.8 Å². The number of hydrogen-bond acceptors (Lipinski definition) is 10. The third-order valence-electron chi connectivity index (χ3n) is 5.70. The summed E-state index contributed by atoms with van der Waals surface area (Å²) in [5.74, 6) is -4.72. The standard InChI is InChI=1S/C27H41F2N3O9/c1-9-11-16(12-10-2)20(33)30-18-13-14-32(22(34)31-18)21-27(28,29)19(39-24(36)41-26(6,7)8)17(38-21)15-37-23(35)40-25(3,4)5/h13-14,16-17,19,21H,9-12,15H2,1-8H3,(H,30,31,33,34)/t17-,19-,21-/m1/s1. The molecule has 1 aromatic heterocycles. The van der Waals surface area contributed by atoms with Crippen molar-refractivity contribution in [3.8, 4) is 0 Å². The van der Waals surface area contributed by atoms with Crippen LogP contribution in [-0.2, 0) is 28.5 Å². The second-order valence-corrected chi connectivity index (χ2v) is 11.7. The van der Waals surface area contributed by atoms with Crippen LogP contribution in [0.15, 0.2) is 17.1 Å². The Morgan fingerprint density at radius 1 is 1.05 bits per heavy atom. The number of carbonyl (C=O) groups is 3. The van der Waals surface area contributed by atoms with E-state index in [-0.39, 0.29) is 17.6 Å². The number of carbonyl (C=O) groups excluding carboxylic acids is 3. The van der Waals surface area contributed by atoms with Crippen molar-refractivity contribution in [2.45, 2.75) is 117 Å². The lowest BCUT2D eigenvalue weighted by Gasteiger charge is -2.26. The minimum absolute atomic E-state index is 0.110. The highest BCUT2D eigenvalue weighted by Gasteiger charge is 2.63. The molecule has 2 rings (SSSR count). The smallest absolute Gasteiger partial charge is 0.431 e. The van der Waals surface area contributed by atoms with Crippen LogP contribution in [0, 0.1) is 5.92 Å². The minimum atomic E-state index is -4.00. The van der Waals surface area contributed by atoms with E-state index < -0.39 is 60.2 Å². The summed E-state index contributed by atoms with van der Waals surface area (Å²) in [5.41, 5.74) is -3.13. The molecule has 0 aromatic carbocycles. The molecule has 1 saturated heterocycles. The van der Waals surface area contributed by atoms with Crippen LogP contribution >= 0.6 is 0 Å². The molecule has 0 aliphatic carbocycles. The Balaban J connectivity index is 2.31. The molecule has 0 saturated carbocycles. The molecule has 232 valence electrons. The molecular weight excluding hydrogens is 548 g/mol. The van der Waals surface area contributed by atoms with Gasteiger partial charge in [-0.05, 0) is 60.5 Å². The number of aromatic nitrogens is 2. The van der Waals surface area contributed by atoms with Crippen LogP contribution in [0.4, 0.5) is 24.2 Å². The maximum Gasteiger partial charge on any atom is 0.509 e. The van der Waals surface area contributed by atoms with E-state index in [1.54, 1.807) is 20.8 Å². The summed E-state index contributed by atoms with van der Waals surface area (Å²) < 4.78 is 57.2. The lowest BCUT2D eigenvalue weighted by atomic mass is 9.97. The Morgan fingerprint density at radius 2 is 1.61 bits per heavy atom. The molecule has 2 heterocycles. The van der Waals surface area contributed by atoms with E-state index >= 15 is 8.78 Å². The Labute approximate surface area is 238 Å². The van der Waals surface area contributed by atoms with Gasteiger partial charge in [-0.2, -0.15) is 13.8 Å². The summed E-state index contributed by atoms with van der Waals surface area (Å²) in [6, 6.07) is 1.18. The SMILES string of the molecule is CCCC(CCC)C(=O)Nc1ccn([C@@H]2O[C@H](COC(=O)OC(C)(C)C)[C@@H](OC(=O)OC(C)(C)C)C2(F)F)c(=O)n1. The Kier molecular flexibility index (Phi) is 11.2. The number of anilines is 1. The molecule has 1 fully saturated rings. The van der Waals surface area contributed by atoms with E-state index in [2.05, 4.69) is 10.3 Å². The highest BCUT2D eigenvalue weighted by molar-refractivity contribution is 5.91. The lowest BCUT2D eigenvalue weighted by Crippen LogP contribution is -2.45. The largest absolute Gasteiger partial charge is 0.509 e. The predicted molar refractivity (Wildman–Crippen MR) is 143 cm³/mol. The van der Waals surface area contributed by atoms with Gasteiger partial charge >= 0.3 is 23.9 Å². The lowest BCUT2D eigenvalue weighted by molar-refractivity contribution is -0.149. The number of rotatable bonds is 10. The maximum absolute atomic E-state index is 15.7. The van der Waals surface area contributed by atoms with Crippen molar-refractivity contribution in [2.24, 2.45) is 5.92 Å². The summed E-state index contributed by atoms with van der Waals surface area (Å²) >= 11 is 0. The second-order valence-electron chi connectivity index (χ2n) is 11.7. The number of alkyl halides is 2. The van der Waals surface area contributed by atoms with Gasteiger partial charge in [0.2, 0.25) is 18.2 Å². The predicted octanol–water partition coefficient (Wildman–Crippen LogP) is 5.20. The van der Waals surface area contributed by atoms with Crippen molar-refractivity contribution in [1.82, 2.24) is 9.55 Å². The molecular formula is C27H41F2N3O9. The number of ether oxygens (including phenoxy) is 5. The van der Waals surface area contributed by atoms with Crippen LogP contribution in [0.5, 0.6) is 0 Å². The average Bonchev–Trinajstić information content (AvgIpc) is 3.05. The summed E-state index contributed by atoms with van der Waals surface area (Å²) in [5, 5.41) is 2.56. The third-order valence-corrected chi connectivity index (χ3v) is 5.70. The van der Waals surface area contributed by atoms with Crippen molar-refractivity contribution in [3.63, 3.8) is 0 Å². The molecule has 12 nitrogen and oxygen atoms in total. The highest BCUT2D eigenvalue weighted by atomic mass is 19.3. The molecule has 1 aliphatic rings. The molecule has 1 N–H and O–H groups in total. The molecule has 3 atom stereocenters. The Morgan fingerprint density at radius 3 is 2.12 bits per heavy atom. The van der Waals surface area contributed by atoms with Crippen molar-refractivity contribution in [1.29, 1.82) is 0 Å². The van der Waals surface area contributed by atoms with Crippen LogP contribution in [-0.4, -0.2) is 63.7 Å². The van der Waals surface area contributed by atoms with Gasteiger partial charge in [0, 0.05) is 12.1 Å². The summed E-state index contributed by atoms with van der Waals surface area (Å²) in [4.78, 5) is 53.5. The maximum atomic E-state index is 15.7. The van der Waals surface area contributed by atoms with Crippen molar-refractivity contribution >= 4 is 24.0 Å². The first-order valence-electron chi connectivity index (χ1n) is 13.6. The van der Waals surface area contributed by atoms with E-state index in [0.717, 1.165) is 19.0 Å². The van der Waals surface area contributed by atoms with E-state index in [9.17, 15) is 19.2 Å². The normalized spacial score (nSPS) is 20.4. The van der Waals surface area contributed by atoms with Crippen LogP contribution in [0.1, 0.15) is 87.3 Å². The summed E-state index contributed by atoms with van der Waals surface area (Å²) in [6.45, 7) is 12.4. The number of hydrogen-bond donors (Lipinski definition) is 1. The van der Waals surface area contributed by atoms with Crippen LogP contribution in [0.25, 0.3) is 0 Å². The zero-order valence-electron chi connectivity index (χ0n) is 24.8. The van der Waals surface area contributed by atoms with Crippen LogP contribution in [0.2, 0.25) is 0 Å². The Hall–Kier alpha value is -3.29. The van der Waals surface area contributed by atoms with Gasteiger partial charge in [-0.3, -0.25) is 9.36 Å². The highest BCUT2D eigenvalue weighted by Crippen LogP contribution is 2.44. The summed E-state index contributed by atoms with van der Waals surface area (Å²) in [6.07, 6.45) is -5.03. The van der Waals surface area contributed by atoms with E-state index in [0.29, 0.717) is 17.4 Å². The average molecular weight is 590 g/mol. The van der Waals surface area contributed by atoms with Crippen LogP contribution < -0.4 is 11.0 Å². The molecule has 0 unspecified atom stereocenters. The quantitative estimate of drug-likeness (QED) is 0.361. The monoisotopic (exact) mass is 589 g/mol. The van der Waals surface area contributed by atoms with Gasteiger partial charge in [0.05, 0.1) is 0 Å².